The number of hydrazine groups is 1. The average molecular weight is 374 g/mol. The van der Waals surface area contributed by atoms with Crippen LogP contribution in [0.15, 0.2) is 29.2 Å². The molecule has 1 amide bonds. The lowest BCUT2D eigenvalue weighted by molar-refractivity contribution is -0.149. The molecule has 1 atom stereocenters. The van der Waals surface area contributed by atoms with Gasteiger partial charge in [-0.3, -0.25) is 15.0 Å². The zero-order valence-corrected chi connectivity index (χ0v) is 15.5. The normalized spacial score (nSPS) is 12.9. The fourth-order valence-corrected chi connectivity index (χ4v) is 3.73. The standard InChI is InChI=1S/C16H23FN2O5S/c1-5-24-16(21)14(10-11(2)3)19(18-12(4)20)25(22,23)15-9-7-6-8-13(15)17/h6-9,11,14H,5,10H2,1-4H3,(H,18,20)/t14-/m0/s1. The zero-order chi connectivity index (χ0) is 19.2. The van der Waals surface area contributed by atoms with Crippen LogP contribution in [0.1, 0.15) is 34.1 Å². The molecular formula is C16H23FN2O5S. The maximum atomic E-state index is 14.0. The molecule has 0 aliphatic heterocycles. The van der Waals surface area contributed by atoms with Crippen molar-refractivity contribution in [2.45, 2.75) is 45.1 Å². The summed E-state index contributed by atoms with van der Waals surface area (Å²) >= 11 is 0. The molecule has 0 fully saturated rings. The van der Waals surface area contributed by atoms with E-state index in [4.69, 9.17) is 4.74 Å². The molecule has 0 radical (unpaired) electrons. The molecule has 1 rings (SSSR count). The van der Waals surface area contributed by atoms with Crippen LogP contribution in [0.25, 0.3) is 0 Å². The fourth-order valence-electron chi connectivity index (χ4n) is 2.19. The number of nitrogens with one attached hydrogen (secondary N) is 1. The van der Waals surface area contributed by atoms with Crippen molar-refractivity contribution in [3.8, 4) is 0 Å². The van der Waals surface area contributed by atoms with E-state index in [-0.39, 0.29) is 18.9 Å². The molecule has 0 unspecified atom stereocenters. The molecule has 0 aromatic heterocycles. The number of hydrogen-bond donors (Lipinski definition) is 1. The van der Waals surface area contributed by atoms with Crippen molar-refractivity contribution in [2.24, 2.45) is 5.92 Å². The summed E-state index contributed by atoms with van der Waals surface area (Å²) < 4.78 is 45.2. The van der Waals surface area contributed by atoms with E-state index in [1.807, 2.05) is 0 Å². The van der Waals surface area contributed by atoms with Crippen LogP contribution in [0.3, 0.4) is 0 Å². The topological polar surface area (TPSA) is 92.8 Å². The Morgan fingerprint density at radius 3 is 2.36 bits per heavy atom. The van der Waals surface area contributed by atoms with Crippen LogP contribution >= 0.6 is 0 Å². The van der Waals surface area contributed by atoms with E-state index in [0.717, 1.165) is 19.1 Å². The van der Waals surface area contributed by atoms with Crippen LogP contribution in [0.2, 0.25) is 0 Å². The maximum absolute atomic E-state index is 14.0. The summed E-state index contributed by atoms with van der Waals surface area (Å²) in [4.78, 5) is 23.2. The number of benzene rings is 1. The van der Waals surface area contributed by atoms with Gasteiger partial charge in [-0.2, -0.15) is 0 Å². The molecule has 0 aliphatic rings. The highest BCUT2D eigenvalue weighted by atomic mass is 32.2. The predicted octanol–water partition coefficient (Wildman–Crippen LogP) is 1.85. The minimum Gasteiger partial charge on any atom is -0.465 e. The van der Waals surface area contributed by atoms with Crippen LogP contribution in [0, 0.1) is 11.7 Å². The Balaban J connectivity index is 3.44. The van der Waals surface area contributed by atoms with Gasteiger partial charge in [0.25, 0.3) is 10.0 Å². The number of halogens is 1. The predicted molar refractivity (Wildman–Crippen MR) is 89.1 cm³/mol. The second kappa shape index (κ2) is 8.91. The van der Waals surface area contributed by atoms with Gasteiger partial charge < -0.3 is 4.74 Å². The summed E-state index contributed by atoms with van der Waals surface area (Å²) in [5, 5.41) is 0. The fraction of sp³-hybridized carbons (Fsp3) is 0.500. The van der Waals surface area contributed by atoms with Gasteiger partial charge in [0.15, 0.2) is 0 Å². The van der Waals surface area contributed by atoms with E-state index in [9.17, 15) is 22.4 Å². The lowest BCUT2D eigenvalue weighted by Gasteiger charge is -2.30. The first-order valence-electron chi connectivity index (χ1n) is 7.84. The Morgan fingerprint density at radius 1 is 1.28 bits per heavy atom. The van der Waals surface area contributed by atoms with E-state index in [1.54, 1.807) is 20.8 Å². The molecule has 0 bridgehead atoms. The number of sulfonamides is 1. The SMILES string of the molecule is CCOC(=O)[C@H](CC(C)C)N(NC(C)=O)S(=O)(=O)c1ccccc1F. The number of ether oxygens (including phenoxy) is 1. The molecule has 1 aromatic rings. The molecule has 0 saturated heterocycles. The van der Waals surface area contributed by atoms with Crippen molar-refractivity contribution in [3.05, 3.63) is 30.1 Å². The molecule has 7 nitrogen and oxygen atoms in total. The van der Waals surface area contributed by atoms with Crippen LogP contribution in [0.4, 0.5) is 4.39 Å². The minimum atomic E-state index is -4.51. The quantitative estimate of drug-likeness (QED) is 0.554. The van der Waals surface area contributed by atoms with E-state index in [1.165, 1.54) is 12.1 Å². The van der Waals surface area contributed by atoms with Gasteiger partial charge >= 0.3 is 5.97 Å². The molecule has 0 aliphatic carbocycles. The average Bonchev–Trinajstić information content (AvgIpc) is 2.50. The summed E-state index contributed by atoms with van der Waals surface area (Å²) in [5.74, 6) is -2.59. The summed E-state index contributed by atoms with van der Waals surface area (Å²) in [7, 11) is -4.51. The second-order valence-corrected chi connectivity index (χ2v) is 7.58. The van der Waals surface area contributed by atoms with Crippen molar-refractivity contribution >= 4 is 21.9 Å². The van der Waals surface area contributed by atoms with Crippen molar-refractivity contribution in [3.63, 3.8) is 0 Å². The van der Waals surface area contributed by atoms with E-state index in [0.29, 0.717) is 4.41 Å². The Hall–Kier alpha value is -2.00. The van der Waals surface area contributed by atoms with Crippen molar-refractivity contribution < 1.29 is 27.1 Å². The molecule has 9 heteroatoms. The molecule has 1 aromatic carbocycles. The number of carbonyl (C=O) groups excluding carboxylic acids is 2. The van der Waals surface area contributed by atoms with Crippen molar-refractivity contribution in [1.82, 2.24) is 9.84 Å². The van der Waals surface area contributed by atoms with E-state index < -0.39 is 38.7 Å². The third-order valence-electron chi connectivity index (χ3n) is 3.18. The summed E-state index contributed by atoms with van der Waals surface area (Å²) in [6.45, 7) is 6.29. The van der Waals surface area contributed by atoms with Crippen LogP contribution in [-0.4, -0.2) is 37.4 Å². The molecule has 1 N–H and O–H groups in total. The lowest BCUT2D eigenvalue weighted by atomic mass is 10.0. The summed E-state index contributed by atoms with van der Waals surface area (Å²) in [5.41, 5.74) is 2.13. The van der Waals surface area contributed by atoms with Gasteiger partial charge in [-0.15, -0.1) is 0 Å². The van der Waals surface area contributed by atoms with Crippen LogP contribution < -0.4 is 5.43 Å². The molecule has 0 spiro atoms. The molecule has 140 valence electrons. The van der Waals surface area contributed by atoms with Crippen LogP contribution in [0.5, 0.6) is 0 Å². The van der Waals surface area contributed by atoms with Gasteiger partial charge in [0.2, 0.25) is 5.91 Å². The van der Waals surface area contributed by atoms with E-state index >= 15 is 0 Å². The van der Waals surface area contributed by atoms with Gasteiger partial charge in [0.1, 0.15) is 16.8 Å². The summed E-state index contributed by atoms with van der Waals surface area (Å²) in [6, 6.07) is 3.43. The van der Waals surface area contributed by atoms with Crippen molar-refractivity contribution in [1.29, 1.82) is 0 Å². The third kappa shape index (κ3) is 5.50. The molecule has 25 heavy (non-hydrogen) atoms. The summed E-state index contributed by atoms with van der Waals surface area (Å²) in [6.07, 6.45) is 0.0901. The second-order valence-electron chi connectivity index (χ2n) is 5.80. The van der Waals surface area contributed by atoms with Gasteiger partial charge in [0, 0.05) is 6.92 Å². The largest absolute Gasteiger partial charge is 0.465 e. The minimum absolute atomic E-state index is 0.0427. The van der Waals surface area contributed by atoms with Gasteiger partial charge in [-0.1, -0.05) is 30.4 Å². The van der Waals surface area contributed by atoms with Gasteiger partial charge in [0.05, 0.1) is 6.61 Å². The first-order valence-corrected chi connectivity index (χ1v) is 9.28. The Kier molecular flexibility index (Phi) is 7.50. The number of esters is 1. The number of nitrogens with zero attached hydrogens (tertiary/aromatic N) is 1. The highest BCUT2D eigenvalue weighted by molar-refractivity contribution is 7.89. The first-order chi connectivity index (χ1) is 11.6. The zero-order valence-electron chi connectivity index (χ0n) is 14.7. The number of hydrogen-bond acceptors (Lipinski definition) is 5. The Morgan fingerprint density at radius 2 is 1.88 bits per heavy atom. The smallest absolute Gasteiger partial charge is 0.326 e. The maximum Gasteiger partial charge on any atom is 0.326 e. The lowest BCUT2D eigenvalue weighted by Crippen LogP contribution is -2.55. The van der Waals surface area contributed by atoms with Crippen molar-refractivity contribution in [2.75, 3.05) is 6.61 Å². The third-order valence-corrected chi connectivity index (χ3v) is 4.93. The molecular weight excluding hydrogens is 351 g/mol. The Labute approximate surface area is 147 Å². The van der Waals surface area contributed by atoms with Gasteiger partial charge in [-0.25, -0.2) is 12.8 Å². The number of carbonyl (C=O) groups is 2. The first kappa shape index (κ1) is 21.0. The van der Waals surface area contributed by atoms with Gasteiger partial charge in [-0.05, 0) is 31.4 Å². The Bertz CT molecular complexity index is 721. The monoisotopic (exact) mass is 374 g/mol. The highest BCUT2D eigenvalue weighted by Crippen LogP contribution is 2.23. The highest BCUT2D eigenvalue weighted by Gasteiger charge is 2.39. The van der Waals surface area contributed by atoms with Crippen LogP contribution in [-0.2, 0) is 24.3 Å². The number of amides is 1. The molecule has 0 heterocycles. The molecule has 0 saturated carbocycles. The van der Waals surface area contributed by atoms with E-state index in [2.05, 4.69) is 5.43 Å². The number of rotatable bonds is 8.